The molecule has 48 heavy (non-hydrogen) atoms. The molecular weight excluding hydrogens is 600 g/mol. The molecule has 0 bridgehead atoms. The monoisotopic (exact) mass is 640 g/mol. The molecule has 244 valence electrons. The van der Waals surface area contributed by atoms with Crippen LogP contribution in [0.15, 0.2) is 60.0 Å². The van der Waals surface area contributed by atoms with Crippen LogP contribution in [0.1, 0.15) is 41.7 Å². The normalized spacial score (nSPS) is 24.6. The first-order valence-electron chi connectivity index (χ1n) is 17.5. The minimum Gasteiger partial charge on any atom is -0.494 e. The Morgan fingerprint density at radius 1 is 1.02 bits per heavy atom. The number of benzene rings is 2. The average molecular weight is 641 g/mol. The molecule has 0 radical (unpaired) electrons. The molecule has 0 spiro atoms. The number of likely N-dealkylation sites (tertiary alicyclic amines) is 1. The molecule has 5 fully saturated rings. The zero-order valence-electron chi connectivity index (χ0n) is 27.5. The van der Waals surface area contributed by atoms with Gasteiger partial charge in [0.05, 0.1) is 30.2 Å². The van der Waals surface area contributed by atoms with Gasteiger partial charge in [0.1, 0.15) is 23.3 Å². The summed E-state index contributed by atoms with van der Waals surface area (Å²) >= 11 is 0. The summed E-state index contributed by atoms with van der Waals surface area (Å²) in [6.07, 6.45) is 10.2. The van der Waals surface area contributed by atoms with Crippen LogP contribution in [-0.4, -0.2) is 80.9 Å². The van der Waals surface area contributed by atoms with Crippen molar-refractivity contribution in [1.29, 1.82) is 0 Å². The van der Waals surface area contributed by atoms with Crippen molar-refractivity contribution in [2.75, 3.05) is 38.7 Å². The fourth-order valence-corrected chi connectivity index (χ4v) is 9.33. The van der Waals surface area contributed by atoms with Gasteiger partial charge >= 0.3 is 0 Å². The van der Waals surface area contributed by atoms with Crippen LogP contribution >= 0.6 is 0 Å². The number of imidazole rings is 1. The lowest BCUT2D eigenvalue weighted by molar-refractivity contribution is -0.0204. The number of anilines is 1. The molecule has 5 aromatic rings. The van der Waals surface area contributed by atoms with E-state index in [0.29, 0.717) is 35.1 Å². The lowest BCUT2D eigenvalue weighted by atomic mass is 9.53. The molecule has 2 saturated heterocycles. The number of rotatable bonds is 9. The number of fused-ring (bicyclic) bond motifs is 2. The maximum absolute atomic E-state index is 14.1. The summed E-state index contributed by atoms with van der Waals surface area (Å²) in [5.74, 6) is 5.12. The van der Waals surface area contributed by atoms with E-state index in [1.165, 1.54) is 30.2 Å². The topological polar surface area (TPSA) is 93.7 Å². The van der Waals surface area contributed by atoms with Gasteiger partial charge in [-0.1, -0.05) is 18.2 Å². The number of methoxy groups -OCH3 is 1. The highest BCUT2D eigenvalue weighted by Crippen LogP contribution is 2.60. The van der Waals surface area contributed by atoms with E-state index in [4.69, 9.17) is 9.72 Å². The Balaban J connectivity index is 1.06. The summed E-state index contributed by atoms with van der Waals surface area (Å²) in [6.45, 7) is 4.41. The summed E-state index contributed by atoms with van der Waals surface area (Å²) < 4.78 is 11.0. The van der Waals surface area contributed by atoms with Crippen molar-refractivity contribution in [2.45, 2.75) is 44.8 Å². The second kappa shape index (κ2) is 10.6. The molecule has 2 aromatic carbocycles. The van der Waals surface area contributed by atoms with E-state index in [1.807, 2.05) is 18.3 Å². The van der Waals surface area contributed by atoms with E-state index in [9.17, 15) is 4.79 Å². The smallest absolute Gasteiger partial charge is 0.254 e. The number of para-hydroxylation sites is 1. The van der Waals surface area contributed by atoms with Crippen LogP contribution in [0.25, 0.3) is 33.5 Å². The quantitative estimate of drug-likeness (QED) is 0.197. The van der Waals surface area contributed by atoms with Crippen LogP contribution in [0.5, 0.6) is 5.75 Å². The molecule has 3 aliphatic carbocycles. The van der Waals surface area contributed by atoms with E-state index < -0.39 is 0 Å². The summed E-state index contributed by atoms with van der Waals surface area (Å²) in [4.78, 5) is 36.9. The number of hydrogen-bond acceptors (Lipinski definition) is 7. The van der Waals surface area contributed by atoms with Crippen LogP contribution in [0, 0.1) is 29.6 Å². The van der Waals surface area contributed by atoms with E-state index in [0.717, 1.165) is 84.9 Å². The summed E-state index contributed by atoms with van der Waals surface area (Å²) in [7, 11) is 3.48. The first kappa shape index (κ1) is 28.3. The van der Waals surface area contributed by atoms with Gasteiger partial charge in [-0.15, -0.1) is 0 Å². The predicted octanol–water partition coefficient (Wildman–Crippen LogP) is 5.53. The Labute approximate surface area is 279 Å². The highest BCUT2D eigenvalue weighted by molar-refractivity contribution is 6.00. The van der Waals surface area contributed by atoms with Gasteiger partial charge in [0.2, 0.25) is 0 Å². The Hall–Kier alpha value is -4.73. The third-order valence-corrected chi connectivity index (χ3v) is 11.9. The Bertz CT molecular complexity index is 2120. The van der Waals surface area contributed by atoms with E-state index in [2.05, 4.69) is 64.2 Å². The van der Waals surface area contributed by atoms with E-state index >= 15 is 0 Å². The molecule has 10 nitrogen and oxygen atoms in total. The van der Waals surface area contributed by atoms with Gasteiger partial charge in [0.15, 0.2) is 5.82 Å². The molecule has 5 aliphatic rings. The zero-order valence-corrected chi connectivity index (χ0v) is 27.5. The largest absolute Gasteiger partial charge is 0.494 e. The predicted molar refractivity (Wildman–Crippen MR) is 186 cm³/mol. The highest BCUT2D eigenvalue weighted by Gasteiger charge is 2.61. The lowest BCUT2D eigenvalue weighted by Gasteiger charge is -2.52. The maximum Gasteiger partial charge on any atom is 0.254 e. The van der Waals surface area contributed by atoms with Gasteiger partial charge < -0.3 is 23.7 Å². The van der Waals surface area contributed by atoms with Crippen LogP contribution in [-0.2, 0) is 13.1 Å². The van der Waals surface area contributed by atoms with Crippen LogP contribution in [0.3, 0.4) is 0 Å². The third kappa shape index (κ3) is 4.26. The molecule has 3 saturated carbocycles. The summed E-state index contributed by atoms with van der Waals surface area (Å²) in [6, 6.07) is 15.4. The molecule has 1 amide bonds. The number of aliphatic imine (C=N–C) groups is 1. The first-order chi connectivity index (χ1) is 23.6. The standard InChI is InChI=1S/C38H40N8O2/c1-39-14-29-33(15-40-21-41-29)43-16-23(17-43)19-46-36-28(42-37(46)32-11-24-5-3-4-6-30(24)44(32)18-22-7-8-22)10-26(13-34(36)48-2)38(47)45-20-27-9-25-12-31(45)35(25)27/h3-6,10-11,13-15,21-23,25,27,31,35H,7-9,12,16-20H2,1-2H3/b39-14+/t25?,27?,31?,35-/m1/s1. The minimum absolute atomic E-state index is 0.123. The van der Waals surface area contributed by atoms with Gasteiger partial charge in [-0.05, 0) is 73.6 Å². The SMILES string of the molecule is C/N=C/c1ncncc1N1CC(Cn2c(-c3cc4ccccc4n3CC3CC3)nc3cc(C(=O)N4CC5CC6CC4[C@H]65)cc(OC)c32)C1. The Kier molecular flexibility index (Phi) is 6.27. The Morgan fingerprint density at radius 2 is 1.88 bits per heavy atom. The second-order valence-electron chi connectivity index (χ2n) is 14.8. The number of aromatic nitrogens is 5. The van der Waals surface area contributed by atoms with E-state index in [1.54, 1.807) is 26.7 Å². The number of hydrogen-bond donors (Lipinski definition) is 0. The molecule has 3 unspecified atom stereocenters. The number of carbonyl (C=O) groups excluding carboxylic acids is 1. The summed E-state index contributed by atoms with van der Waals surface area (Å²) in [5.41, 5.74) is 6.67. The van der Waals surface area contributed by atoms with Gasteiger partial charge in [-0.25, -0.2) is 15.0 Å². The number of amides is 1. The minimum atomic E-state index is 0.123. The molecule has 0 N–H and O–H groups in total. The van der Waals surface area contributed by atoms with Crippen molar-refractivity contribution in [3.63, 3.8) is 0 Å². The van der Waals surface area contributed by atoms with Crippen molar-refractivity contribution >= 4 is 39.7 Å². The van der Waals surface area contributed by atoms with Crippen molar-refractivity contribution < 1.29 is 9.53 Å². The first-order valence-corrected chi connectivity index (χ1v) is 17.5. The third-order valence-electron chi connectivity index (χ3n) is 11.9. The number of nitrogens with zero attached hydrogens (tertiary/aromatic N) is 8. The molecule has 4 atom stereocenters. The van der Waals surface area contributed by atoms with Gasteiger partial charge in [-0.2, -0.15) is 0 Å². The zero-order chi connectivity index (χ0) is 32.1. The highest BCUT2D eigenvalue weighted by atomic mass is 16.5. The van der Waals surface area contributed by atoms with Gasteiger partial charge in [-0.3, -0.25) is 9.79 Å². The number of carbonyl (C=O) groups is 1. The molecule has 10 rings (SSSR count). The fourth-order valence-electron chi connectivity index (χ4n) is 9.33. The summed E-state index contributed by atoms with van der Waals surface area (Å²) in [5, 5.41) is 1.22. The van der Waals surface area contributed by atoms with Crippen molar-refractivity contribution in [2.24, 2.45) is 34.6 Å². The molecule has 3 aromatic heterocycles. The maximum atomic E-state index is 14.1. The van der Waals surface area contributed by atoms with E-state index in [-0.39, 0.29) is 5.91 Å². The molecule has 10 heteroatoms. The van der Waals surface area contributed by atoms with Crippen molar-refractivity contribution in [1.82, 2.24) is 29.0 Å². The average Bonchev–Trinajstić information content (AvgIpc) is 3.72. The lowest BCUT2D eigenvalue weighted by Crippen LogP contribution is -2.53. The number of ether oxygens (including phenoxy) is 1. The van der Waals surface area contributed by atoms with Crippen LogP contribution in [0.4, 0.5) is 5.69 Å². The second-order valence-corrected chi connectivity index (χ2v) is 14.8. The molecule has 5 heterocycles. The fraction of sp³-hybridized carbons (Fsp3) is 0.447. The van der Waals surface area contributed by atoms with Crippen molar-refractivity contribution in [3.8, 4) is 17.3 Å². The van der Waals surface area contributed by atoms with Gasteiger partial charge in [0.25, 0.3) is 5.91 Å². The van der Waals surface area contributed by atoms with Crippen molar-refractivity contribution in [3.05, 3.63) is 66.2 Å². The molecular formula is C38H40N8O2. The molecule has 2 aliphatic heterocycles. The van der Waals surface area contributed by atoms with Gasteiger partial charge in [0, 0.05) is 74.4 Å². The Morgan fingerprint density at radius 3 is 2.67 bits per heavy atom. The van der Waals surface area contributed by atoms with Crippen LogP contribution in [0.2, 0.25) is 0 Å². The van der Waals surface area contributed by atoms with Crippen LogP contribution < -0.4 is 9.64 Å².